The molecule has 39 heavy (non-hydrogen) atoms. The van der Waals surface area contributed by atoms with Gasteiger partial charge in [-0.05, 0) is 66.8 Å². The molecule has 0 bridgehead atoms. The van der Waals surface area contributed by atoms with Crippen LogP contribution in [0.15, 0.2) is 36.5 Å². The molecule has 1 amide bonds. The summed E-state index contributed by atoms with van der Waals surface area (Å²) in [6, 6.07) is 8.10. The molecule has 0 saturated carbocycles. The zero-order valence-electron chi connectivity index (χ0n) is 24.2. The van der Waals surface area contributed by atoms with E-state index in [0.29, 0.717) is 37.1 Å². The number of nitrogens with one attached hydrogen (secondary N) is 1. The van der Waals surface area contributed by atoms with E-state index < -0.39 is 23.9 Å². The number of carbonyl (C=O) groups is 1. The number of hydrogen-bond acceptors (Lipinski definition) is 7. The molecular weight excluding hydrogens is 501 g/mol. The number of aliphatic hydroxyl groups is 1. The summed E-state index contributed by atoms with van der Waals surface area (Å²) in [6.45, 7) is 9.30. The van der Waals surface area contributed by atoms with Crippen LogP contribution in [0.2, 0.25) is 0 Å². The molecule has 0 unspecified atom stereocenters. The van der Waals surface area contributed by atoms with Gasteiger partial charge in [0, 0.05) is 32.1 Å². The van der Waals surface area contributed by atoms with Crippen LogP contribution in [0.5, 0.6) is 11.5 Å². The van der Waals surface area contributed by atoms with E-state index in [1.807, 2.05) is 32.0 Å². The Morgan fingerprint density at radius 3 is 2.38 bits per heavy atom. The van der Waals surface area contributed by atoms with Gasteiger partial charge < -0.3 is 30.4 Å². The number of rotatable bonds is 17. The second-order valence-corrected chi connectivity index (χ2v) is 10.8. The number of hydrogen-bond donors (Lipinski definition) is 3. The lowest BCUT2D eigenvalue weighted by molar-refractivity contribution is -0.122. The highest BCUT2D eigenvalue weighted by molar-refractivity contribution is 5.91. The number of ether oxygens (including phenoxy) is 3. The van der Waals surface area contributed by atoms with Crippen LogP contribution in [0.3, 0.4) is 0 Å². The van der Waals surface area contributed by atoms with Crippen LogP contribution in [0.4, 0.5) is 10.2 Å². The molecule has 0 saturated heterocycles. The minimum atomic E-state index is -0.860. The Kier molecular flexibility index (Phi) is 13.6. The predicted molar refractivity (Wildman–Crippen MR) is 151 cm³/mol. The summed E-state index contributed by atoms with van der Waals surface area (Å²) in [5, 5.41) is 13.7. The molecule has 0 aliphatic carbocycles. The topological polar surface area (TPSA) is 116 Å². The van der Waals surface area contributed by atoms with Crippen LogP contribution in [-0.2, 0) is 16.0 Å². The monoisotopic (exact) mass is 547 g/mol. The Hall–Kier alpha value is -2.75. The molecule has 0 aliphatic heterocycles. The summed E-state index contributed by atoms with van der Waals surface area (Å²) >= 11 is 0. The third kappa shape index (κ3) is 10.7. The summed E-state index contributed by atoms with van der Waals surface area (Å²) < 4.78 is 29.7. The molecule has 8 nitrogen and oxygen atoms in total. The maximum atomic E-state index is 13.2. The van der Waals surface area contributed by atoms with Gasteiger partial charge in [-0.2, -0.15) is 0 Å². The van der Waals surface area contributed by atoms with Gasteiger partial charge in [0.05, 0.1) is 26.0 Å². The van der Waals surface area contributed by atoms with Crippen LogP contribution in [0.1, 0.15) is 52.5 Å². The molecule has 1 heterocycles. The van der Waals surface area contributed by atoms with E-state index in [0.717, 1.165) is 24.6 Å². The van der Waals surface area contributed by atoms with Crippen molar-refractivity contribution < 1.29 is 28.5 Å². The zero-order valence-corrected chi connectivity index (χ0v) is 24.2. The SMILES string of the molecule is COCCCOc1cc(C[C@@H](C[C@H](N)[C@@H](O)C[C@H](C(=O)Nc2ccc(F)cn2)C(C)C)C(C)C)ccc1OC. The molecule has 4 N–H and O–H groups in total. The molecule has 2 rings (SSSR count). The maximum Gasteiger partial charge on any atom is 0.228 e. The third-order valence-electron chi connectivity index (χ3n) is 7.10. The molecule has 0 aliphatic rings. The second-order valence-electron chi connectivity index (χ2n) is 10.8. The van der Waals surface area contributed by atoms with Crippen LogP contribution in [0, 0.1) is 29.5 Å². The van der Waals surface area contributed by atoms with E-state index in [1.165, 1.54) is 12.1 Å². The largest absolute Gasteiger partial charge is 0.493 e. The quantitative estimate of drug-likeness (QED) is 0.243. The molecular formula is C30H46FN3O5. The lowest BCUT2D eigenvalue weighted by Gasteiger charge is -2.30. The number of nitrogens with two attached hydrogens (primary N) is 1. The van der Waals surface area contributed by atoms with Gasteiger partial charge in [-0.3, -0.25) is 4.79 Å². The minimum Gasteiger partial charge on any atom is -0.493 e. The molecule has 2 aromatic rings. The van der Waals surface area contributed by atoms with E-state index in [1.54, 1.807) is 14.2 Å². The number of benzene rings is 1. The summed E-state index contributed by atoms with van der Waals surface area (Å²) in [4.78, 5) is 16.8. The maximum absolute atomic E-state index is 13.2. The first kappa shape index (κ1) is 32.5. The van der Waals surface area contributed by atoms with Crippen LogP contribution in [0.25, 0.3) is 0 Å². The number of halogens is 1. The van der Waals surface area contributed by atoms with Crippen molar-refractivity contribution in [3.8, 4) is 11.5 Å². The normalized spacial score (nSPS) is 14.6. The van der Waals surface area contributed by atoms with Gasteiger partial charge in [0.25, 0.3) is 0 Å². The number of pyridine rings is 1. The van der Waals surface area contributed by atoms with E-state index in [2.05, 4.69) is 24.1 Å². The lowest BCUT2D eigenvalue weighted by Crippen LogP contribution is -2.41. The average molecular weight is 548 g/mol. The molecule has 4 atom stereocenters. The van der Waals surface area contributed by atoms with Gasteiger partial charge in [-0.15, -0.1) is 0 Å². The fourth-order valence-electron chi connectivity index (χ4n) is 4.53. The first-order valence-corrected chi connectivity index (χ1v) is 13.7. The van der Waals surface area contributed by atoms with Crippen molar-refractivity contribution >= 4 is 11.7 Å². The van der Waals surface area contributed by atoms with Crippen molar-refractivity contribution in [2.45, 2.75) is 65.5 Å². The molecule has 0 radical (unpaired) electrons. The van der Waals surface area contributed by atoms with Gasteiger partial charge in [0.1, 0.15) is 11.6 Å². The number of aromatic nitrogens is 1. The van der Waals surface area contributed by atoms with Gasteiger partial charge in [0.15, 0.2) is 11.5 Å². The average Bonchev–Trinajstić information content (AvgIpc) is 2.90. The summed E-state index contributed by atoms with van der Waals surface area (Å²) in [7, 11) is 3.29. The number of methoxy groups -OCH3 is 2. The Balaban J connectivity index is 2.04. The molecule has 0 fully saturated rings. The molecule has 0 spiro atoms. The Labute approximate surface area is 232 Å². The molecule has 1 aromatic carbocycles. The summed E-state index contributed by atoms with van der Waals surface area (Å²) in [5.41, 5.74) is 7.61. The Morgan fingerprint density at radius 1 is 1.05 bits per heavy atom. The predicted octanol–water partition coefficient (Wildman–Crippen LogP) is 4.84. The first-order valence-electron chi connectivity index (χ1n) is 13.7. The van der Waals surface area contributed by atoms with Gasteiger partial charge >= 0.3 is 0 Å². The molecule has 1 aromatic heterocycles. The van der Waals surface area contributed by atoms with Crippen molar-refractivity contribution in [2.24, 2.45) is 29.4 Å². The first-order chi connectivity index (χ1) is 18.5. The molecule has 9 heteroatoms. The Morgan fingerprint density at radius 2 is 1.79 bits per heavy atom. The molecule has 218 valence electrons. The van der Waals surface area contributed by atoms with E-state index in [4.69, 9.17) is 19.9 Å². The van der Waals surface area contributed by atoms with E-state index >= 15 is 0 Å². The standard InChI is InChI=1S/C30H46FN3O5/c1-19(2)22(14-21-8-10-27(38-6)28(15-21)39-13-7-12-37-5)16-25(32)26(35)17-24(20(3)4)30(36)34-29-11-9-23(31)18-33-29/h8-11,15,18-20,22,24-26,35H,7,12-14,16-17,32H2,1-6H3,(H,33,34,36)/t22-,24-,25-,26-/m0/s1. The van der Waals surface area contributed by atoms with Crippen molar-refractivity contribution in [1.82, 2.24) is 4.98 Å². The van der Waals surface area contributed by atoms with Crippen molar-refractivity contribution in [1.29, 1.82) is 0 Å². The highest BCUT2D eigenvalue weighted by atomic mass is 19.1. The summed E-state index contributed by atoms with van der Waals surface area (Å²) in [5.74, 6) is 0.917. The lowest BCUT2D eigenvalue weighted by atomic mass is 9.81. The zero-order chi connectivity index (χ0) is 28.9. The fraction of sp³-hybridized carbons (Fsp3) is 0.600. The van der Waals surface area contributed by atoms with Crippen LogP contribution >= 0.6 is 0 Å². The number of amides is 1. The van der Waals surface area contributed by atoms with E-state index in [9.17, 15) is 14.3 Å². The minimum absolute atomic E-state index is 0.0326. The van der Waals surface area contributed by atoms with Gasteiger partial charge in [-0.25, -0.2) is 9.37 Å². The number of anilines is 1. The smallest absolute Gasteiger partial charge is 0.228 e. The third-order valence-corrected chi connectivity index (χ3v) is 7.10. The Bertz CT molecular complexity index is 1000. The van der Waals surface area contributed by atoms with Crippen LogP contribution in [-0.4, -0.2) is 55.6 Å². The fourth-order valence-corrected chi connectivity index (χ4v) is 4.53. The number of nitrogens with zero attached hydrogens (tertiary/aromatic N) is 1. The van der Waals surface area contributed by atoms with Crippen molar-refractivity contribution in [3.63, 3.8) is 0 Å². The second kappa shape index (κ2) is 16.4. The van der Waals surface area contributed by atoms with Crippen LogP contribution < -0.4 is 20.5 Å². The van der Waals surface area contributed by atoms with Gasteiger partial charge in [0.2, 0.25) is 5.91 Å². The highest BCUT2D eigenvalue weighted by Gasteiger charge is 2.30. The number of aliphatic hydroxyl groups excluding tert-OH is 1. The van der Waals surface area contributed by atoms with Gasteiger partial charge in [-0.1, -0.05) is 33.8 Å². The van der Waals surface area contributed by atoms with Crippen molar-refractivity contribution in [2.75, 3.05) is 32.8 Å². The van der Waals surface area contributed by atoms with E-state index in [-0.39, 0.29) is 30.0 Å². The number of carbonyl (C=O) groups excluding carboxylic acids is 1. The van der Waals surface area contributed by atoms with Crippen molar-refractivity contribution in [3.05, 3.63) is 47.9 Å². The summed E-state index contributed by atoms with van der Waals surface area (Å²) in [6.07, 6.45) is 2.55. The highest BCUT2D eigenvalue weighted by Crippen LogP contribution is 2.32.